The molecule has 18 heavy (non-hydrogen) atoms. The topological polar surface area (TPSA) is 44.1 Å². The van der Waals surface area contributed by atoms with Crippen LogP contribution in [0, 0.1) is 0 Å². The molecule has 0 aliphatic heterocycles. The van der Waals surface area contributed by atoms with Crippen LogP contribution in [-0.4, -0.2) is 22.9 Å². The number of rotatable bonds is 2. The van der Waals surface area contributed by atoms with Crippen molar-refractivity contribution in [3.05, 3.63) is 36.0 Å². The minimum absolute atomic E-state index is 0.445. The van der Waals surface area contributed by atoms with E-state index in [0.29, 0.717) is 5.69 Å². The SMILES string of the molecule is COc1ccc2c(c1)c1ccc(C=O)nc1n2C. The van der Waals surface area contributed by atoms with Crippen LogP contribution in [0.3, 0.4) is 0 Å². The van der Waals surface area contributed by atoms with Crippen LogP contribution in [0.1, 0.15) is 10.5 Å². The number of aryl methyl sites for hydroxylation is 1. The smallest absolute Gasteiger partial charge is 0.168 e. The maximum absolute atomic E-state index is 10.8. The van der Waals surface area contributed by atoms with Gasteiger partial charge in [0, 0.05) is 17.8 Å². The zero-order valence-electron chi connectivity index (χ0n) is 10.2. The lowest BCUT2D eigenvalue weighted by Crippen LogP contribution is -1.92. The normalized spacial score (nSPS) is 11.0. The van der Waals surface area contributed by atoms with E-state index in [9.17, 15) is 4.79 Å². The van der Waals surface area contributed by atoms with Crippen LogP contribution >= 0.6 is 0 Å². The molecule has 90 valence electrons. The van der Waals surface area contributed by atoms with Gasteiger partial charge in [0.2, 0.25) is 0 Å². The Hall–Kier alpha value is -2.36. The number of carbonyl (C=O) groups is 1. The van der Waals surface area contributed by atoms with Gasteiger partial charge in [-0.3, -0.25) is 4.79 Å². The van der Waals surface area contributed by atoms with E-state index in [0.717, 1.165) is 34.0 Å². The highest BCUT2D eigenvalue weighted by Crippen LogP contribution is 2.29. The number of aldehydes is 1. The zero-order valence-corrected chi connectivity index (χ0v) is 10.2. The van der Waals surface area contributed by atoms with Gasteiger partial charge >= 0.3 is 0 Å². The number of fused-ring (bicyclic) bond motifs is 3. The molecule has 0 saturated heterocycles. The molecule has 0 N–H and O–H groups in total. The van der Waals surface area contributed by atoms with Gasteiger partial charge in [-0.1, -0.05) is 0 Å². The van der Waals surface area contributed by atoms with Crippen molar-refractivity contribution >= 4 is 28.2 Å². The quantitative estimate of drug-likeness (QED) is 0.646. The number of aromatic nitrogens is 2. The van der Waals surface area contributed by atoms with Crippen molar-refractivity contribution in [1.29, 1.82) is 0 Å². The fourth-order valence-corrected chi connectivity index (χ4v) is 2.26. The van der Waals surface area contributed by atoms with E-state index in [2.05, 4.69) is 4.98 Å². The third-order valence-corrected chi connectivity index (χ3v) is 3.19. The fourth-order valence-electron chi connectivity index (χ4n) is 2.26. The number of methoxy groups -OCH3 is 1. The van der Waals surface area contributed by atoms with Crippen LogP contribution in [0.4, 0.5) is 0 Å². The first-order chi connectivity index (χ1) is 8.74. The van der Waals surface area contributed by atoms with Crippen molar-refractivity contribution in [2.24, 2.45) is 7.05 Å². The lowest BCUT2D eigenvalue weighted by molar-refractivity contribution is 0.111. The van der Waals surface area contributed by atoms with Crippen molar-refractivity contribution < 1.29 is 9.53 Å². The van der Waals surface area contributed by atoms with Crippen molar-refractivity contribution in [3.8, 4) is 5.75 Å². The lowest BCUT2D eigenvalue weighted by Gasteiger charge is -2.00. The number of benzene rings is 1. The Balaban J connectivity index is 2.45. The number of pyridine rings is 1. The van der Waals surface area contributed by atoms with Crippen LogP contribution in [0.2, 0.25) is 0 Å². The average molecular weight is 240 g/mol. The molecule has 2 aromatic heterocycles. The van der Waals surface area contributed by atoms with E-state index in [4.69, 9.17) is 4.74 Å². The van der Waals surface area contributed by atoms with Gasteiger partial charge < -0.3 is 9.30 Å². The summed E-state index contributed by atoms with van der Waals surface area (Å²) in [6.07, 6.45) is 0.762. The van der Waals surface area contributed by atoms with E-state index >= 15 is 0 Å². The monoisotopic (exact) mass is 240 g/mol. The maximum atomic E-state index is 10.8. The molecule has 0 amide bonds. The first kappa shape index (κ1) is 10.8. The first-order valence-corrected chi connectivity index (χ1v) is 5.63. The Bertz CT molecular complexity index is 759. The van der Waals surface area contributed by atoms with E-state index < -0.39 is 0 Å². The Labute approximate surface area is 104 Å². The highest BCUT2D eigenvalue weighted by Gasteiger charge is 2.10. The van der Waals surface area contributed by atoms with E-state index in [1.807, 2.05) is 35.9 Å². The number of ether oxygens (including phenoxy) is 1. The standard InChI is InChI=1S/C14H12N2O2/c1-16-13-6-4-10(18-2)7-12(13)11-5-3-9(8-17)15-14(11)16/h3-8H,1-2H3. The van der Waals surface area contributed by atoms with Crippen LogP contribution in [0.5, 0.6) is 5.75 Å². The minimum Gasteiger partial charge on any atom is -0.497 e. The van der Waals surface area contributed by atoms with Crippen LogP contribution in [-0.2, 0) is 7.05 Å². The summed E-state index contributed by atoms with van der Waals surface area (Å²) >= 11 is 0. The summed E-state index contributed by atoms with van der Waals surface area (Å²) in [6, 6.07) is 9.56. The molecule has 0 saturated carbocycles. The lowest BCUT2D eigenvalue weighted by atomic mass is 10.2. The Morgan fingerprint density at radius 2 is 2.06 bits per heavy atom. The number of carbonyl (C=O) groups excluding carboxylic acids is 1. The Kier molecular flexibility index (Phi) is 2.30. The number of hydrogen-bond donors (Lipinski definition) is 0. The van der Waals surface area contributed by atoms with Gasteiger partial charge in [0.1, 0.15) is 17.1 Å². The number of nitrogens with zero attached hydrogens (tertiary/aromatic N) is 2. The minimum atomic E-state index is 0.445. The molecule has 3 rings (SSSR count). The summed E-state index contributed by atoms with van der Waals surface area (Å²) in [5.74, 6) is 0.814. The van der Waals surface area contributed by atoms with E-state index in [1.165, 1.54) is 0 Å². The Morgan fingerprint density at radius 1 is 1.22 bits per heavy atom. The first-order valence-electron chi connectivity index (χ1n) is 5.63. The molecule has 4 heteroatoms. The molecular formula is C14H12N2O2. The summed E-state index contributed by atoms with van der Waals surface area (Å²) in [7, 11) is 3.59. The summed E-state index contributed by atoms with van der Waals surface area (Å²) in [5, 5.41) is 2.11. The molecule has 0 fully saturated rings. The second kappa shape index (κ2) is 3.84. The molecule has 2 heterocycles. The summed E-state index contributed by atoms with van der Waals surface area (Å²) in [6.45, 7) is 0. The maximum Gasteiger partial charge on any atom is 0.168 e. The van der Waals surface area contributed by atoms with Gasteiger partial charge in [0.25, 0.3) is 0 Å². The molecule has 0 aliphatic rings. The summed E-state index contributed by atoms with van der Waals surface area (Å²) < 4.78 is 7.22. The summed E-state index contributed by atoms with van der Waals surface area (Å²) in [5.41, 5.74) is 2.32. The van der Waals surface area contributed by atoms with Gasteiger partial charge in [0.15, 0.2) is 6.29 Å². The van der Waals surface area contributed by atoms with Crippen molar-refractivity contribution in [2.45, 2.75) is 0 Å². The molecule has 1 aromatic carbocycles. The van der Waals surface area contributed by atoms with E-state index in [-0.39, 0.29) is 0 Å². The highest BCUT2D eigenvalue weighted by molar-refractivity contribution is 6.07. The molecule has 0 spiro atoms. The van der Waals surface area contributed by atoms with Crippen LogP contribution < -0.4 is 4.74 Å². The molecular weight excluding hydrogens is 228 g/mol. The van der Waals surface area contributed by atoms with Gasteiger partial charge in [-0.05, 0) is 30.3 Å². The van der Waals surface area contributed by atoms with Crippen LogP contribution in [0.25, 0.3) is 21.9 Å². The van der Waals surface area contributed by atoms with E-state index in [1.54, 1.807) is 13.2 Å². The largest absolute Gasteiger partial charge is 0.497 e. The molecule has 0 unspecified atom stereocenters. The third kappa shape index (κ3) is 1.39. The predicted octanol–water partition coefficient (Wildman–Crippen LogP) is 2.55. The third-order valence-electron chi connectivity index (χ3n) is 3.19. The summed E-state index contributed by atoms with van der Waals surface area (Å²) in [4.78, 5) is 15.1. The highest BCUT2D eigenvalue weighted by atomic mass is 16.5. The van der Waals surface area contributed by atoms with Gasteiger partial charge in [-0.2, -0.15) is 0 Å². The Morgan fingerprint density at radius 3 is 2.78 bits per heavy atom. The second-order valence-corrected chi connectivity index (χ2v) is 4.17. The van der Waals surface area contributed by atoms with Gasteiger partial charge in [-0.25, -0.2) is 4.98 Å². The molecule has 0 bridgehead atoms. The van der Waals surface area contributed by atoms with Gasteiger partial charge in [0.05, 0.1) is 12.6 Å². The van der Waals surface area contributed by atoms with Gasteiger partial charge in [-0.15, -0.1) is 0 Å². The molecule has 0 aliphatic carbocycles. The second-order valence-electron chi connectivity index (χ2n) is 4.17. The molecule has 4 nitrogen and oxygen atoms in total. The predicted molar refractivity (Wildman–Crippen MR) is 70.2 cm³/mol. The average Bonchev–Trinajstić information content (AvgIpc) is 2.71. The van der Waals surface area contributed by atoms with Crippen molar-refractivity contribution in [2.75, 3.05) is 7.11 Å². The molecule has 3 aromatic rings. The fraction of sp³-hybridized carbons (Fsp3) is 0.143. The van der Waals surface area contributed by atoms with Crippen molar-refractivity contribution in [1.82, 2.24) is 9.55 Å². The van der Waals surface area contributed by atoms with Crippen molar-refractivity contribution in [3.63, 3.8) is 0 Å². The zero-order chi connectivity index (χ0) is 12.7. The molecule has 0 radical (unpaired) electrons. The molecule has 0 atom stereocenters. The van der Waals surface area contributed by atoms with Crippen LogP contribution in [0.15, 0.2) is 30.3 Å². The number of hydrogen-bond acceptors (Lipinski definition) is 3.